The molecule has 0 aliphatic rings. The van der Waals surface area contributed by atoms with E-state index in [4.69, 9.17) is 0 Å². The SMILES string of the molecule is Cc1ccc(C)c(-c2c3ccc(C(C)C)cc3cc(C)[n+]2C)c1. The van der Waals surface area contributed by atoms with Crippen LogP contribution in [0, 0.1) is 20.8 Å². The number of benzene rings is 2. The Balaban J connectivity index is 2.39. The predicted molar refractivity (Wildman–Crippen MR) is 98.9 cm³/mol. The Morgan fingerprint density at radius 1 is 0.870 bits per heavy atom. The number of hydrogen-bond donors (Lipinski definition) is 0. The zero-order chi connectivity index (χ0) is 16.7. The molecule has 0 aliphatic carbocycles. The first-order chi connectivity index (χ1) is 10.9. The zero-order valence-corrected chi connectivity index (χ0v) is 15.1. The number of rotatable bonds is 2. The van der Waals surface area contributed by atoms with Crippen molar-refractivity contribution in [3.63, 3.8) is 0 Å². The summed E-state index contributed by atoms with van der Waals surface area (Å²) in [5.74, 6) is 0.554. The highest BCUT2D eigenvalue weighted by molar-refractivity contribution is 5.94. The Hall–Kier alpha value is -2.15. The van der Waals surface area contributed by atoms with Crippen LogP contribution in [0.5, 0.6) is 0 Å². The minimum Gasteiger partial charge on any atom is -0.198 e. The summed E-state index contributed by atoms with van der Waals surface area (Å²) < 4.78 is 2.32. The van der Waals surface area contributed by atoms with Crippen LogP contribution in [0.2, 0.25) is 0 Å². The summed E-state index contributed by atoms with van der Waals surface area (Å²) in [6.07, 6.45) is 0. The summed E-state index contributed by atoms with van der Waals surface area (Å²) in [6.45, 7) is 11.1. The molecule has 2 aromatic carbocycles. The molecular formula is C22H26N+. The Morgan fingerprint density at radius 3 is 2.30 bits per heavy atom. The molecule has 0 amide bonds. The van der Waals surface area contributed by atoms with Crippen LogP contribution < -0.4 is 4.57 Å². The van der Waals surface area contributed by atoms with Gasteiger partial charge in [-0.15, -0.1) is 0 Å². The second-order valence-electron chi connectivity index (χ2n) is 7.01. The average molecular weight is 304 g/mol. The smallest absolute Gasteiger partial charge is 0.198 e. The number of aromatic nitrogens is 1. The highest BCUT2D eigenvalue weighted by atomic mass is 14.9. The summed E-state index contributed by atoms with van der Waals surface area (Å²) in [5, 5.41) is 2.67. The van der Waals surface area contributed by atoms with Crippen molar-refractivity contribution < 1.29 is 4.57 Å². The number of fused-ring (bicyclic) bond motifs is 1. The quantitative estimate of drug-likeness (QED) is 0.560. The van der Waals surface area contributed by atoms with Crippen molar-refractivity contribution in [2.24, 2.45) is 7.05 Å². The van der Waals surface area contributed by atoms with Crippen molar-refractivity contribution in [3.05, 3.63) is 64.8 Å². The van der Waals surface area contributed by atoms with Gasteiger partial charge in [0.05, 0.1) is 5.39 Å². The normalized spacial score (nSPS) is 11.4. The second kappa shape index (κ2) is 5.81. The average Bonchev–Trinajstić information content (AvgIpc) is 2.51. The van der Waals surface area contributed by atoms with E-state index in [9.17, 15) is 0 Å². The van der Waals surface area contributed by atoms with Crippen molar-refractivity contribution in [1.29, 1.82) is 0 Å². The molecule has 0 aliphatic heterocycles. The summed E-state index contributed by atoms with van der Waals surface area (Å²) in [5.41, 5.74) is 7.96. The summed E-state index contributed by atoms with van der Waals surface area (Å²) >= 11 is 0. The predicted octanol–water partition coefficient (Wildman–Crippen LogP) is 5.38. The molecule has 0 saturated heterocycles. The van der Waals surface area contributed by atoms with Gasteiger partial charge in [-0.05, 0) is 48.4 Å². The van der Waals surface area contributed by atoms with Gasteiger partial charge in [0, 0.05) is 18.6 Å². The Bertz CT molecular complexity index is 888. The van der Waals surface area contributed by atoms with Crippen LogP contribution in [0.15, 0.2) is 42.5 Å². The molecule has 0 fully saturated rings. The summed E-state index contributed by atoms with van der Waals surface area (Å²) in [4.78, 5) is 0. The van der Waals surface area contributed by atoms with Gasteiger partial charge >= 0.3 is 0 Å². The second-order valence-corrected chi connectivity index (χ2v) is 7.01. The first kappa shape index (κ1) is 15.7. The van der Waals surface area contributed by atoms with Gasteiger partial charge in [0.15, 0.2) is 5.69 Å². The van der Waals surface area contributed by atoms with Gasteiger partial charge in [0.2, 0.25) is 5.69 Å². The lowest BCUT2D eigenvalue weighted by Gasteiger charge is -2.12. The lowest BCUT2D eigenvalue weighted by molar-refractivity contribution is -0.665. The molecule has 0 saturated carbocycles. The van der Waals surface area contributed by atoms with Crippen LogP contribution >= 0.6 is 0 Å². The monoisotopic (exact) mass is 304 g/mol. The van der Waals surface area contributed by atoms with Crippen molar-refractivity contribution in [2.45, 2.75) is 40.5 Å². The van der Waals surface area contributed by atoms with E-state index in [0.29, 0.717) is 5.92 Å². The fourth-order valence-electron chi connectivity index (χ4n) is 3.27. The van der Waals surface area contributed by atoms with E-state index < -0.39 is 0 Å². The van der Waals surface area contributed by atoms with E-state index in [-0.39, 0.29) is 0 Å². The van der Waals surface area contributed by atoms with Gasteiger partial charge in [0.1, 0.15) is 7.05 Å². The molecule has 1 heteroatoms. The maximum Gasteiger partial charge on any atom is 0.220 e. The molecule has 0 unspecified atom stereocenters. The van der Waals surface area contributed by atoms with E-state index in [1.54, 1.807) is 0 Å². The van der Waals surface area contributed by atoms with Crippen molar-refractivity contribution in [3.8, 4) is 11.3 Å². The van der Waals surface area contributed by atoms with Crippen LogP contribution in [0.3, 0.4) is 0 Å². The number of aryl methyl sites for hydroxylation is 3. The van der Waals surface area contributed by atoms with Crippen molar-refractivity contribution >= 4 is 10.8 Å². The number of nitrogens with zero attached hydrogens (tertiary/aromatic N) is 1. The third-order valence-electron chi connectivity index (χ3n) is 4.87. The van der Waals surface area contributed by atoms with Crippen LogP contribution in [-0.2, 0) is 7.05 Å². The molecule has 1 heterocycles. The molecule has 3 rings (SSSR count). The van der Waals surface area contributed by atoms with Gasteiger partial charge < -0.3 is 0 Å². The van der Waals surface area contributed by atoms with Gasteiger partial charge in [-0.2, -0.15) is 4.57 Å². The fraction of sp³-hybridized carbons (Fsp3) is 0.318. The minimum atomic E-state index is 0.554. The van der Waals surface area contributed by atoms with Gasteiger partial charge in [-0.3, -0.25) is 0 Å². The zero-order valence-electron chi connectivity index (χ0n) is 15.1. The molecule has 118 valence electrons. The minimum absolute atomic E-state index is 0.554. The highest BCUT2D eigenvalue weighted by Gasteiger charge is 2.20. The van der Waals surface area contributed by atoms with E-state index in [1.807, 2.05) is 0 Å². The molecule has 0 radical (unpaired) electrons. The summed E-state index contributed by atoms with van der Waals surface area (Å²) in [7, 11) is 2.17. The third kappa shape index (κ3) is 2.76. The molecule has 0 atom stereocenters. The summed E-state index contributed by atoms with van der Waals surface area (Å²) in [6, 6.07) is 15.9. The molecule has 23 heavy (non-hydrogen) atoms. The van der Waals surface area contributed by atoms with Crippen molar-refractivity contribution in [2.75, 3.05) is 0 Å². The van der Waals surface area contributed by atoms with Gasteiger partial charge in [-0.1, -0.05) is 43.7 Å². The largest absolute Gasteiger partial charge is 0.220 e. The maximum absolute atomic E-state index is 2.35. The number of pyridine rings is 1. The van der Waals surface area contributed by atoms with E-state index >= 15 is 0 Å². The lowest BCUT2D eigenvalue weighted by atomic mass is 9.94. The Morgan fingerprint density at radius 2 is 1.61 bits per heavy atom. The lowest BCUT2D eigenvalue weighted by Crippen LogP contribution is -2.35. The molecule has 3 aromatic rings. The molecule has 0 N–H and O–H groups in total. The van der Waals surface area contributed by atoms with Gasteiger partial charge in [0.25, 0.3) is 0 Å². The third-order valence-corrected chi connectivity index (χ3v) is 4.87. The fourth-order valence-corrected chi connectivity index (χ4v) is 3.27. The molecule has 0 spiro atoms. The highest BCUT2D eigenvalue weighted by Crippen LogP contribution is 2.31. The first-order valence-electron chi connectivity index (χ1n) is 8.39. The van der Waals surface area contributed by atoms with Crippen LogP contribution in [0.4, 0.5) is 0 Å². The topological polar surface area (TPSA) is 3.88 Å². The van der Waals surface area contributed by atoms with E-state index in [0.717, 1.165) is 0 Å². The van der Waals surface area contributed by atoms with Crippen LogP contribution in [0.25, 0.3) is 22.0 Å². The standard InChI is InChI=1S/C22H26N/c1-14(2)18-9-10-20-19(13-18)12-17(5)23(6)22(20)21-11-15(3)7-8-16(21)4/h7-14H,1-6H3/q+1. The van der Waals surface area contributed by atoms with Gasteiger partial charge in [-0.25, -0.2) is 0 Å². The maximum atomic E-state index is 2.35. The van der Waals surface area contributed by atoms with E-state index in [2.05, 4.69) is 88.7 Å². The van der Waals surface area contributed by atoms with Crippen LogP contribution in [-0.4, -0.2) is 0 Å². The Kier molecular flexibility index (Phi) is 3.97. The molecule has 1 nitrogen and oxygen atoms in total. The van der Waals surface area contributed by atoms with E-state index in [1.165, 1.54) is 44.4 Å². The van der Waals surface area contributed by atoms with Crippen LogP contribution in [0.1, 0.15) is 42.1 Å². The van der Waals surface area contributed by atoms with Crippen molar-refractivity contribution in [1.82, 2.24) is 0 Å². The molecule has 1 aromatic heterocycles. The first-order valence-corrected chi connectivity index (χ1v) is 8.39. The molecular weight excluding hydrogens is 278 g/mol. The molecule has 0 bridgehead atoms. The number of hydrogen-bond acceptors (Lipinski definition) is 0. The Labute approximate surface area is 139 Å².